The number of hydrogen-bond acceptors (Lipinski definition) is 7. The monoisotopic (exact) mass is 420 g/mol. The van der Waals surface area contributed by atoms with Crippen LogP contribution in [0.5, 0.6) is 0 Å². The number of nitrogens with zero attached hydrogens (tertiary/aromatic N) is 2. The van der Waals surface area contributed by atoms with Gasteiger partial charge in [-0.3, -0.25) is 19.0 Å². The van der Waals surface area contributed by atoms with Crippen molar-refractivity contribution >= 4 is 33.5 Å². The molecule has 158 valence electrons. The number of carbonyl (C=O) groups is 2. The minimum absolute atomic E-state index is 0.172. The van der Waals surface area contributed by atoms with Crippen molar-refractivity contribution < 1.29 is 19.1 Å². The molecule has 1 unspecified atom stereocenters. The van der Waals surface area contributed by atoms with Crippen molar-refractivity contribution in [1.29, 1.82) is 0 Å². The smallest absolute Gasteiger partial charge is 0.326 e. The van der Waals surface area contributed by atoms with Crippen LogP contribution in [0.15, 0.2) is 4.79 Å². The molecule has 2 aromatic rings. The summed E-state index contributed by atoms with van der Waals surface area (Å²) >= 11 is 1.47. The molecule has 3 rings (SSSR count). The fraction of sp³-hybridized carbons (Fsp3) is 0.619. The number of rotatable bonds is 8. The molecule has 1 aliphatic carbocycles. The molecule has 1 atom stereocenters. The highest BCUT2D eigenvalue weighted by molar-refractivity contribution is 7.18. The third-order valence-electron chi connectivity index (χ3n) is 5.23. The van der Waals surface area contributed by atoms with Crippen LogP contribution >= 0.6 is 11.3 Å². The summed E-state index contributed by atoms with van der Waals surface area (Å²) in [6.07, 6.45) is 5.21. The Balaban J connectivity index is 1.95. The standard InChI is InChI=1S/C21H28N2O5S/c1-4-6-7-11-28-16(24)12-23-13(3)22-19-18(20(23)25)17-14(21(26)27-5-2)9-8-10-15(17)29-19/h14H,4-12H2,1-3H3. The van der Waals surface area contributed by atoms with Crippen molar-refractivity contribution in [3.8, 4) is 0 Å². The van der Waals surface area contributed by atoms with E-state index < -0.39 is 11.9 Å². The minimum Gasteiger partial charge on any atom is -0.466 e. The van der Waals surface area contributed by atoms with E-state index in [1.807, 2.05) is 0 Å². The number of ether oxygens (including phenoxy) is 2. The van der Waals surface area contributed by atoms with E-state index in [1.165, 1.54) is 15.9 Å². The Morgan fingerprint density at radius 2 is 2.03 bits per heavy atom. The first kappa shape index (κ1) is 21.5. The van der Waals surface area contributed by atoms with E-state index in [1.54, 1.807) is 13.8 Å². The van der Waals surface area contributed by atoms with Crippen LogP contribution < -0.4 is 5.56 Å². The zero-order valence-corrected chi connectivity index (χ0v) is 18.1. The highest BCUT2D eigenvalue weighted by atomic mass is 32.1. The van der Waals surface area contributed by atoms with Gasteiger partial charge < -0.3 is 9.47 Å². The quantitative estimate of drug-likeness (QED) is 0.480. The molecule has 1 aliphatic rings. The average Bonchev–Trinajstić information content (AvgIpc) is 3.06. The molecular weight excluding hydrogens is 392 g/mol. The lowest BCUT2D eigenvalue weighted by Crippen LogP contribution is -2.29. The zero-order valence-electron chi connectivity index (χ0n) is 17.3. The molecule has 0 spiro atoms. The van der Waals surface area contributed by atoms with Gasteiger partial charge in [-0.15, -0.1) is 11.3 Å². The second-order valence-corrected chi connectivity index (χ2v) is 8.38. The first-order valence-corrected chi connectivity index (χ1v) is 11.1. The number of hydrogen-bond donors (Lipinski definition) is 0. The van der Waals surface area contributed by atoms with Crippen molar-refractivity contribution in [2.45, 2.75) is 71.8 Å². The van der Waals surface area contributed by atoms with Gasteiger partial charge >= 0.3 is 11.9 Å². The number of carbonyl (C=O) groups excluding carboxylic acids is 2. The summed E-state index contributed by atoms with van der Waals surface area (Å²) < 4.78 is 11.9. The largest absolute Gasteiger partial charge is 0.466 e. The van der Waals surface area contributed by atoms with Crippen molar-refractivity contribution in [2.75, 3.05) is 13.2 Å². The first-order chi connectivity index (χ1) is 14.0. The van der Waals surface area contributed by atoms with Crippen molar-refractivity contribution in [1.82, 2.24) is 9.55 Å². The molecule has 7 nitrogen and oxygen atoms in total. The Morgan fingerprint density at radius 1 is 1.24 bits per heavy atom. The third-order valence-corrected chi connectivity index (χ3v) is 6.39. The van der Waals surface area contributed by atoms with E-state index >= 15 is 0 Å². The van der Waals surface area contributed by atoms with Crippen LogP contribution in [-0.4, -0.2) is 34.7 Å². The molecule has 8 heteroatoms. The highest BCUT2D eigenvalue weighted by Crippen LogP contribution is 2.41. The van der Waals surface area contributed by atoms with Crippen LogP contribution in [0.2, 0.25) is 0 Å². The van der Waals surface area contributed by atoms with Gasteiger partial charge in [0.25, 0.3) is 5.56 Å². The van der Waals surface area contributed by atoms with E-state index in [4.69, 9.17) is 9.47 Å². The molecule has 0 N–H and O–H groups in total. The predicted molar refractivity (Wildman–Crippen MR) is 111 cm³/mol. The average molecular weight is 421 g/mol. The van der Waals surface area contributed by atoms with Gasteiger partial charge in [0.15, 0.2) is 0 Å². The molecule has 0 fully saturated rings. The highest BCUT2D eigenvalue weighted by Gasteiger charge is 2.33. The summed E-state index contributed by atoms with van der Waals surface area (Å²) in [5, 5.41) is 0.451. The van der Waals surface area contributed by atoms with Gasteiger partial charge in [0, 0.05) is 4.88 Å². The van der Waals surface area contributed by atoms with Crippen LogP contribution in [0.3, 0.4) is 0 Å². The van der Waals surface area contributed by atoms with Gasteiger partial charge in [0.1, 0.15) is 17.2 Å². The van der Waals surface area contributed by atoms with Crippen molar-refractivity contribution in [3.05, 3.63) is 26.6 Å². The van der Waals surface area contributed by atoms with Gasteiger partial charge in [-0.2, -0.15) is 0 Å². The van der Waals surface area contributed by atoms with Gasteiger partial charge in [-0.1, -0.05) is 19.8 Å². The van der Waals surface area contributed by atoms with Crippen LogP contribution in [-0.2, 0) is 32.0 Å². The minimum atomic E-state index is -0.446. The lowest BCUT2D eigenvalue weighted by atomic mass is 9.86. The van der Waals surface area contributed by atoms with E-state index in [0.29, 0.717) is 35.7 Å². The van der Waals surface area contributed by atoms with Crippen LogP contribution in [0.25, 0.3) is 10.2 Å². The van der Waals surface area contributed by atoms with Crippen LogP contribution in [0, 0.1) is 6.92 Å². The zero-order chi connectivity index (χ0) is 21.0. The summed E-state index contributed by atoms with van der Waals surface area (Å²) in [5.41, 5.74) is 0.462. The second-order valence-electron chi connectivity index (χ2n) is 7.29. The normalized spacial score (nSPS) is 15.9. The summed E-state index contributed by atoms with van der Waals surface area (Å²) in [5.74, 6) is -0.716. The fourth-order valence-corrected chi connectivity index (χ4v) is 5.11. The van der Waals surface area contributed by atoms with Gasteiger partial charge in [-0.25, -0.2) is 4.98 Å². The van der Waals surface area contributed by atoms with Crippen molar-refractivity contribution in [3.63, 3.8) is 0 Å². The number of fused-ring (bicyclic) bond motifs is 3. The maximum Gasteiger partial charge on any atom is 0.326 e. The number of esters is 2. The molecule has 0 radical (unpaired) electrons. The SMILES string of the molecule is CCCCCOC(=O)Cn1c(C)nc2sc3c(c2c1=O)C(C(=O)OCC)CCC3. The van der Waals surface area contributed by atoms with Gasteiger partial charge in [0.05, 0.1) is 24.5 Å². The van der Waals surface area contributed by atoms with Crippen molar-refractivity contribution in [2.24, 2.45) is 0 Å². The topological polar surface area (TPSA) is 87.5 Å². The molecule has 2 aromatic heterocycles. The molecule has 0 saturated carbocycles. The van der Waals surface area contributed by atoms with Crippen LogP contribution in [0.4, 0.5) is 0 Å². The lowest BCUT2D eigenvalue weighted by molar-refractivity contribution is -0.146. The predicted octanol–water partition coefficient (Wildman–Crippen LogP) is 3.48. The van der Waals surface area contributed by atoms with Crippen LogP contribution in [0.1, 0.15) is 68.1 Å². The van der Waals surface area contributed by atoms with E-state index in [9.17, 15) is 14.4 Å². The Bertz CT molecular complexity index is 962. The fourth-order valence-electron chi connectivity index (χ4n) is 3.79. The van der Waals surface area contributed by atoms with E-state index in [0.717, 1.165) is 42.5 Å². The first-order valence-electron chi connectivity index (χ1n) is 10.3. The lowest BCUT2D eigenvalue weighted by Gasteiger charge is -2.21. The molecule has 0 aliphatic heterocycles. The number of aromatic nitrogens is 2. The van der Waals surface area contributed by atoms with E-state index in [2.05, 4.69) is 11.9 Å². The third kappa shape index (κ3) is 4.52. The maximum absolute atomic E-state index is 13.3. The van der Waals surface area contributed by atoms with E-state index in [-0.39, 0.29) is 18.1 Å². The maximum atomic E-state index is 13.3. The summed E-state index contributed by atoms with van der Waals surface area (Å²) in [6.45, 7) is 6.06. The Labute approximate surface area is 174 Å². The number of unbranched alkanes of at least 4 members (excludes halogenated alkanes) is 2. The molecular formula is C21H28N2O5S. The number of thiophene rings is 1. The molecule has 0 amide bonds. The molecule has 0 aromatic carbocycles. The second kappa shape index (κ2) is 9.52. The summed E-state index contributed by atoms with van der Waals surface area (Å²) in [6, 6.07) is 0. The summed E-state index contributed by atoms with van der Waals surface area (Å²) in [7, 11) is 0. The Kier molecular flexibility index (Phi) is 7.05. The molecule has 2 heterocycles. The Morgan fingerprint density at radius 3 is 2.76 bits per heavy atom. The van der Waals surface area contributed by atoms with Gasteiger partial charge in [-0.05, 0) is 45.1 Å². The Hall–Kier alpha value is -2.22. The van der Waals surface area contributed by atoms with Gasteiger partial charge in [0.2, 0.25) is 0 Å². The number of aryl methyl sites for hydroxylation is 2. The molecule has 0 saturated heterocycles. The summed E-state index contributed by atoms with van der Waals surface area (Å²) in [4.78, 5) is 44.2. The molecule has 0 bridgehead atoms. The molecule has 29 heavy (non-hydrogen) atoms.